The van der Waals surface area contributed by atoms with Gasteiger partial charge < -0.3 is 24.4 Å². The molecule has 4 rings (SSSR count). The van der Waals surface area contributed by atoms with Crippen molar-refractivity contribution in [3.63, 3.8) is 0 Å². The molecule has 3 aromatic rings. The number of carboxylic acid groups (broad SMARTS) is 1. The molecule has 0 aliphatic carbocycles. The van der Waals surface area contributed by atoms with Crippen LogP contribution >= 0.6 is 0 Å². The molecule has 1 fully saturated rings. The summed E-state index contributed by atoms with van der Waals surface area (Å²) in [4.78, 5) is 14.0. The van der Waals surface area contributed by atoms with E-state index in [-0.39, 0.29) is 0 Å². The summed E-state index contributed by atoms with van der Waals surface area (Å²) in [6.45, 7) is 11.0. The molecule has 1 saturated heterocycles. The number of carbonyl (C=O) groups is 1. The van der Waals surface area contributed by atoms with Gasteiger partial charge in [-0.05, 0) is 94.8 Å². The zero-order valence-corrected chi connectivity index (χ0v) is 22.5. The van der Waals surface area contributed by atoms with Gasteiger partial charge in [-0.25, -0.2) is 0 Å². The first kappa shape index (κ1) is 27.4. The van der Waals surface area contributed by atoms with Crippen LogP contribution in [0.5, 0.6) is 0 Å². The highest BCUT2D eigenvalue weighted by Gasteiger charge is 2.29. The Labute approximate surface area is 220 Å². The van der Waals surface area contributed by atoms with Gasteiger partial charge in [0.15, 0.2) is 0 Å². The van der Waals surface area contributed by atoms with E-state index in [9.17, 15) is 15.0 Å². The van der Waals surface area contributed by atoms with E-state index in [1.807, 2.05) is 31.2 Å². The number of fused-ring (bicyclic) bond motifs is 1. The van der Waals surface area contributed by atoms with Gasteiger partial charge in [-0.3, -0.25) is 4.79 Å². The van der Waals surface area contributed by atoms with Crippen molar-refractivity contribution in [3.8, 4) is 0 Å². The van der Waals surface area contributed by atoms with Crippen LogP contribution < -0.4 is 0 Å². The maximum atomic E-state index is 11.5. The molecule has 0 spiro atoms. The normalized spacial score (nSPS) is 16.3. The number of aliphatic carboxylic acids is 1. The van der Waals surface area contributed by atoms with E-state index < -0.39 is 17.5 Å². The monoisotopic (exact) mass is 506 g/mol. The fourth-order valence-electron chi connectivity index (χ4n) is 5.48. The van der Waals surface area contributed by atoms with Crippen molar-refractivity contribution in [1.82, 2.24) is 9.47 Å². The van der Waals surface area contributed by atoms with E-state index in [1.54, 1.807) is 13.8 Å². The highest BCUT2D eigenvalue weighted by molar-refractivity contribution is 5.84. The maximum Gasteiger partial charge on any atom is 0.313 e. The summed E-state index contributed by atoms with van der Waals surface area (Å²) in [6, 6.07) is 16.1. The summed E-state index contributed by atoms with van der Waals surface area (Å²) in [7, 11) is 0. The Hall–Kier alpha value is -2.67. The molecular weight excluding hydrogens is 464 g/mol. The van der Waals surface area contributed by atoms with Crippen molar-refractivity contribution in [1.29, 1.82) is 0 Å². The Morgan fingerprint density at radius 1 is 1.08 bits per heavy atom. The molecule has 2 aromatic carbocycles. The molecule has 0 saturated carbocycles. The van der Waals surface area contributed by atoms with Gasteiger partial charge in [0.1, 0.15) is 0 Å². The van der Waals surface area contributed by atoms with E-state index in [4.69, 9.17) is 4.74 Å². The van der Waals surface area contributed by atoms with E-state index >= 15 is 0 Å². The molecule has 200 valence electrons. The first-order valence-electron chi connectivity index (χ1n) is 13.7. The van der Waals surface area contributed by atoms with Gasteiger partial charge in [-0.2, -0.15) is 0 Å². The molecule has 0 amide bonds. The molecule has 1 atom stereocenters. The average molecular weight is 507 g/mol. The van der Waals surface area contributed by atoms with Crippen LogP contribution in [0.4, 0.5) is 0 Å². The van der Waals surface area contributed by atoms with Gasteiger partial charge >= 0.3 is 5.97 Å². The average Bonchev–Trinajstić information content (AvgIpc) is 3.28. The highest BCUT2D eigenvalue weighted by Crippen LogP contribution is 2.35. The summed E-state index contributed by atoms with van der Waals surface area (Å²) in [5.74, 6) is -0.273. The van der Waals surface area contributed by atoms with E-state index in [2.05, 4.69) is 39.9 Å². The molecule has 0 bridgehead atoms. The minimum absolute atomic E-state index is 0.526. The number of rotatable bonds is 12. The second-order valence-corrected chi connectivity index (χ2v) is 10.8. The molecule has 2 N–H and O–H groups in total. The van der Waals surface area contributed by atoms with Crippen molar-refractivity contribution in [2.45, 2.75) is 70.4 Å². The number of aliphatic hydroxyl groups is 1. The van der Waals surface area contributed by atoms with E-state index in [1.165, 1.54) is 16.5 Å². The molecule has 1 aliphatic heterocycles. The highest BCUT2D eigenvalue weighted by atomic mass is 16.5. The topological polar surface area (TPSA) is 74.9 Å². The lowest BCUT2D eigenvalue weighted by molar-refractivity contribution is -0.142. The fourth-order valence-corrected chi connectivity index (χ4v) is 5.48. The number of piperidine rings is 1. The van der Waals surface area contributed by atoms with Crippen molar-refractivity contribution in [3.05, 3.63) is 71.4 Å². The first-order valence-corrected chi connectivity index (χ1v) is 13.7. The zero-order valence-electron chi connectivity index (χ0n) is 22.5. The second kappa shape index (κ2) is 12.2. The van der Waals surface area contributed by atoms with Gasteiger partial charge in [0.25, 0.3) is 0 Å². The van der Waals surface area contributed by atoms with E-state index in [0.717, 1.165) is 69.8 Å². The third-order valence-electron chi connectivity index (χ3n) is 8.03. The molecule has 2 heterocycles. The van der Waals surface area contributed by atoms with Crippen LogP contribution in [0.1, 0.15) is 75.2 Å². The molecule has 6 nitrogen and oxygen atoms in total. The summed E-state index contributed by atoms with van der Waals surface area (Å²) >= 11 is 0. The number of benzene rings is 2. The van der Waals surface area contributed by atoms with Crippen LogP contribution in [0.15, 0.2) is 54.7 Å². The molecule has 1 aliphatic rings. The Balaban J connectivity index is 1.26. The molecule has 1 aromatic heterocycles. The number of aromatic nitrogens is 1. The van der Waals surface area contributed by atoms with Crippen LogP contribution in [0, 0.1) is 0 Å². The lowest BCUT2D eigenvalue weighted by Crippen LogP contribution is -2.33. The summed E-state index contributed by atoms with van der Waals surface area (Å²) in [5, 5.41) is 21.5. The van der Waals surface area contributed by atoms with Gasteiger partial charge in [-0.15, -0.1) is 0 Å². The molecule has 1 unspecified atom stereocenters. The predicted octanol–water partition coefficient (Wildman–Crippen LogP) is 5.73. The maximum absolute atomic E-state index is 11.5. The van der Waals surface area contributed by atoms with Gasteiger partial charge in [0.2, 0.25) is 0 Å². The first-order chi connectivity index (χ1) is 17.8. The Morgan fingerprint density at radius 2 is 1.78 bits per heavy atom. The van der Waals surface area contributed by atoms with Gasteiger partial charge in [-0.1, -0.05) is 42.5 Å². The minimum atomic E-state index is -0.937. The smallest absolute Gasteiger partial charge is 0.313 e. The summed E-state index contributed by atoms with van der Waals surface area (Å²) in [5.41, 5.74) is 3.43. The molecular formula is C31H42N2O4. The molecule has 37 heavy (non-hydrogen) atoms. The van der Waals surface area contributed by atoms with Crippen molar-refractivity contribution in [2.75, 3.05) is 32.8 Å². The van der Waals surface area contributed by atoms with Crippen LogP contribution in [0.3, 0.4) is 0 Å². The quantitative estimate of drug-likeness (QED) is 0.307. The van der Waals surface area contributed by atoms with Crippen molar-refractivity contribution >= 4 is 16.9 Å². The number of hydrogen-bond acceptors (Lipinski definition) is 4. The number of aliphatic hydroxyl groups excluding tert-OH is 1. The van der Waals surface area contributed by atoms with Crippen molar-refractivity contribution in [2.24, 2.45) is 0 Å². The molecule has 6 heteroatoms. The zero-order chi connectivity index (χ0) is 26.4. The standard InChI is InChI=1S/C31H42N2O4/c1-4-37-21-20-33-22-27(26-8-5-6-9-28(26)33)23-15-18-32(19-16-23)17-7-10-29(34)24-11-13-25(14-12-24)31(2,3)30(35)36/h5-6,8-9,11-14,22-23,29,34H,4,7,10,15-21H2,1-3H3,(H,35,36). The number of nitrogens with zero attached hydrogens (tertiary/aromatic N) is 2. The predicted molar refractivity (Wildman–Crippen MR) is 148 cm³/mol. The largest absolute Gasteiger partial charge is 0.481 e. The number of hydrogen-bond donors (Lipinski definition) is 2. The second-order valence-electron chi connectivity index (χ2n) is 10.8. The number of likely N-dealkylation sites (tertiary alicyclic amines) is 1. The molecule has 0 radical (unpaired) electrons. The third kappa shape index (κ3) is 6.43. The van der Waals surface area contributed by atoms with Crippen LogP contribution in [0.2, 0.25) is 0 Å². The Kier molecular flexibility index (Phi) is 9.06. The number of ether oxygens (including phenoxy) is 1. The van der Waals surface area contributed by atoms with Gasteiger partial charge in [0, 0.05) is 30.3 Å². The van der Waals surface area contributed by atoms with E-state index in [0.29, 0.717) is 12.3 Å². The SMILES string of the molecule is CCOCCn1cc(C2CCN(CCCC(O)c3ccc(C(C)(C)C(=O)O)cc3)CC2)c2ccccc21. The summed E-state index contributed by atoms with van der Waals surface area (Å²) < 4.78 is 7.95. The minimum Gasteiger partial charge on any atom is -0.481 e. The number of carboxylic acids is 1. The lowest BCUT2D eigenvalue weighted by atomic mass is 9.84. The van der Waals surface area contributed by atoms with Crippen molar-refractivity contribution < 1.29 is 19.7 Å². The number of para-hydroxylation sites is 1. The lowest BCUT2D eigenvalue weighted by Gasteiger charge is -2.32. The third-order valence-corrected chi connectivity index (χ3v) is 8.03. The summed E-state index contributed by atoms with van der Waals surface area (Å²) in [6.07, 6.45) is 5.77. The van der Waals surface area contributed by atoms with Crippen LogP contribution in [-0.4, -0.2) is 58.5 Å². The fraction of sp³-hybridized carbons (Fsp3) is 0.516. The van der Waals surface area contributed by atoms with Crippen LogP contribution in [0.25, 0.3) is 10.9 Å². The Bertz CT molecular complexity index is 1160. The Morgan fingerprint density at radius 3 is 2.46 bits per heavy atom. The van der Waals surface area contributed by atoms with Gasteiger partial charge in [0.05, 0.1) is 18.1 Å². The van der Waals surface area contributed by atoms with Crippen LogP contribution in [-0.2, 0) is 21.5 Å².